The highest BCUT2D eigenvalue weighted by Gasteiger charge is 2.25. The van der Waals surface area contributed by atoms with Crippen molar-refractivity contribution in [3.05, 3.63) is 0 Å². The molecule has 0 unspecified atom stereocenters. The molecular weight excluding hydrogens is 164 g/mol. The van der Waals surface area contributed by atoms with Crippen molar-refractivity contribution in [3.8, 4) is 0 Å². The van der Waals surface area contributed by atoms with Crippen LogP contribution in [-0.2, 0) is 4.74 Å². The topological polar surface area (TPSA) is 24.5 Å². The van der Waals surface area contributed by atoms with Gasteiger partial charge >= 0.3 is 0 Å². The Morgan fingerprint density at radius 2 is 2.00 bits per heavy atom. The Morgan fingerprint density at radius 3 is 2.46 bits per heavy atom. The molecule has 1 rings (SSSR count). The van der Waals surface area contributed by atoms with Crippen molar-refractivity contribution in [1.29, 1.82) is 0 Å². The molecule has 1 heterocycles. The molecule has 1 N–H and O–H groups in total. The summed E-state index contributed by atoms with van der Waals surface area (Å²) < 4.78 is 5.35. The Bertz CT molecular complexity index is 119. The molecule has 80 valence electrons. The normalized spacial score (nSPS) is 29.3. The number of likely N-dealkylation sites (N-methyl/N-ethyl adjacent to an activating group) is 2. The predicted molar refractivity (Wildman–Crippen MR) is 57.1 cm³/mol. The summed E-state index contributed by atoms with van der Waals surface area (Å²) in [6.07, 6.45) is 1.54. The number of piperidine rings is 1. The summed E-state index contributed by atoms with van der Waals surface area (Å²) in [5.74, 6) is 0. The number of hydrogen-bond donors (Lipinski definition) is 1. The second kappa shape index (κ2) is 7.30. The molecule has 0 aromatic heterocycles. The molecule has 0 spiro atoms. The van der Waals surface area contributed by atoms with Crippen LogP contribution >= 0.6 is 0 Å². The highest BCUT2D eigenvalue weighted by molar-refractivity contribution is 4.83. The molecule has 0 bridgehead atoms. The van der Waals surface area contributed by atoms with Crippen LogP contribution < -0.4 is 5.32 Å². The van der Waals surface area contributed by atoms with Crippen molar-refractivity contribution < 1.29 is 4.74 Å². The maximum atomic E-state index is 5.35. The van der Waals surface area contributed by atoms with Crippen molar-refractivity contribution in [1.82, 2.24) is 10.2 Å². The van der Waals surface area contributed by atoms with Crippen LogP contribution in [0.3, 0.4) is 0 Å². The zero-order valence-electron chi connectivity index (χ0n) is 9.63. The van der Waals surface area contributed by atoms with Crippen LogP contribution in [0.4, 0.5) is 0 Å². The summed E-state index contributed by atoms with van der Waals surface area (Å²) in [6, 6.07) is 0.499. The van der Waals surface area contributed by atoms with E-state index in [0.717, 1.165) is 19.5 Å². The number of likely N-dealkylation sites (tertiary alicyclic amines) is 1. The molecule has 1 fully saturated rings. The van der Waals surface area contributed by atoms with Gasteiger partial charge in [-0.3, -0.25) is 0 Å². The van der Waals surface area contributed by atoms with Gasteiger partial charge < -0.3 is 15.0 Å². The Morgan fingerprint density at radius 1 is 1.38 bits per heavy atom. The van der Waals surface area contributed by atoms with E-state index >= 15 is 0 Å². The molecule has 0 aromatic carbocycles. The van der Waals surface area contributed by atoms with Gasteiger partial charge in [-0.15, -0.1) is 0 Å². The molecule has 0 radical (unpaired) electrons. The second-order valence-corrected chi connectivity index (χ2v) is 3.22. The summed E-state index contributed by atoms with van der Waals surface area (Å²) in [4.78, 5) is 2.33. The molecule has 0 saturated carbocycles. The van der Waals surface area contributed by atoms with Gasteiger partial charge in [0.15, 0.2) is 0 Å². The number of nitrogens with one attached hydrogen (secondary N) is 1. The van der Waals surface area contributed by atoms with Gasteiger partial charge in [0, 0.05) is 26.2 Å². The molecule has 1 saturated heterocycles. The summed E-state index contributed by atoms with van der Waals surface area (Å²) in [7, 11) is 5.94. The zero-order valence-corrected chi connectivity index (χ0v) is 9.63. The number of rotatable bonds is 2. The van der Waals surface area contributed by atoms with E-state index in [0.29, 0.717) is 12.1 Å². The van der Waals surface area contributed by atoms with Crippen molar-refractivity contribution in [2.45, 2.75) is 32.4 Å². The van der Waals surface area contributed by atoms with Gasteiger partial charge in [-0.05, 0) is 20.5 Å². The van der Waals surface area contributed by atoms with E-state index in [1.807, 2.05) is 20.9 Å². The van der Waals surface area contributed by atoms with E-state index in [1.165, 1.54) is 0 Å². The first-order valence-corrected chi connectivity index (χ1v) is 5.16. The number of hydrogen-bond acceptors (Lipinski definition) is 3. The largest absolute Gasteiger partial charge is 0.380 e. The van der Waals surface area contributed by atoms with E-state index in [9.17, 15) is 0 Å². The Kier molecular flexibility index (Phi) is 7.23. The fourth-order valence-corrected chi connectivity index (χ4v) is 1.65. The number of ether oxygens (including phenoxy) is 1. The summed E-state index contributed by atoms with van der Waals surface area (Å²) in [6.45, 7) is 6.24. The first-order valence-electron chi connectivity index (χ1n) is 5.16. The van der Waals surface area contributed by atoms with E-state index in [2.05, 4.69) is 17.3 Å². The molecule has 3 nitrogen and oxygen atoms in total. The van der Waals surface area contributed by atoms with Crippen LogP contribution in [0.15, 0.2) is 0 Å². The van der Waals surface area contributed by atoms with Gasteiger partial charge in [0.2, 0.25) is 0 Å². The van der Waals surface area contributed by atoms with Crippen LogP contribution in [0.2, 0.25) is 0 Å². The third-order valence-electron chi connectivity index (χ3n) is 2.43. The minimum absolute atomic E-state index is 0.399. The third-order valence-corrected chi connectivity index (χ3v) is 2.43. The van der Waals surface area contributed by atoms with Gasteiger partial charge in [-0.25, -0.2) is 0 Å². The van der Waals surface area contributed by atoms with Crippen molar-refractivity contribution >= 4 is 0 Å². The summed E-state index contributed by atoms with van der Waals surface area (Å²) >= 11 is 0. The first-order chi connectivity index (χ1) is 6.27. The average Bonchev–Trinajstić information content (AvgIpc) is 2.20. The van der Waals surface area contributed by atoms with E-state index in [4.69, 9.17) is 4.74 Å². The zero-order chi connectivity index (χ0) is 10.3. The van der Waals surface area contributed by atoms with Crippen LogP contribution in [0, 0.1) is 0 Å². The lowest BCUT2D eigenvalue weighted by Crippen LogP contribution is -2.51. The standard InChI is InChI=1S/C8H18N2O.C2H6/c1-9-7-6-10(2)5-4-8(7)11-3;1-2/h7-9H,4-6H2,1-3H3;1-2H3/t7-,8-;/m0./s1. The summed E-state index contributed by atoms with van der Waals surface area (Å²) in [5, 5.41) is 3.27. The third kappa shape index (κ3) is 4.07. The highest BCUT2D eigenvalue weighted by atomic mass is 16.5. The maximum absolute atomic E-state index is 5.35. The SMILES string of the molecule is CC.CN[C@H]1CN(C)CC[C@@H]1OC. The minimum atomic E-state index is 0.399. The smallest absolute Gasteiger partial charge is 0.0748 e. The lowest BCUT2D eigenvalue weighted by molar-refractivity contribution is 0.0217. The molecule has 0 amide bonds. The minimum Gasteiger partial charge on any atom is -0.380 e. The van der Waals surface area contributed by atoms with Crippen molar-refractivity contribution in [2.24, 2.45) is 0 Å². The van der Waals surface area contributed by atoms with Crippen LogP contribution in [0.1, 0.15) is 20.3 Å². The van der Waals surface area contributed by atoms with Gasteiger partial charge in [-0.2, -0.15) is 0 Å². The fourth-order valence-electron chi connectivity index (χ4n) is 1.65. The Hall–Kier alpha value is -0.120. The fraction of sp³-hybridized carbons (Fsp3) is 1.00. The predicted octanol–water partition coefficient (Wildman–Crippen LogP) is 0.951. The molecule has 13 heavy (non-hydrogen) atoms. The molecule has 2 atom stereocenters. The number of methoxy groups -OCH3 is 1. The highest BCUT2D eigenvalue weighted by Crippen LogP contribution is 2.11. The van der Waals surface area contributed by atoms with Crippen molar-refractivity contribution in [3.63, 3.8) is 0 Å². The number of nitrogens with zero attached hydrogens (tertiary/aromatic N) is 1. The molecule has 0 aromatic rings. The van der Waals surface area contributed by atoms with E-state index in [-0.39, 0.29) is 0 Å². The molecule has 3 heteroatoms. The van der Waals surface area contributed by atoms with Gasteiger partial charge in [-0.1, -0.05) is 13.8 Å². The summed E-state index contributed by atoms with van der Waals surface area (Å²) in [5.41, 5.74) is 0. The average molecular weight is 188 g/mol. The van der Waals surface area contributed by atoms with Gasteiger partial charge in [0.1, 0.15) is 0 Å². The monoisotopic (exact) mass is 188 g/mol. The quantitative estimate of drug-likeness (QED) is 0.698. The van der Waals surface area contributed by atoms with Crippen LogP contribution in [-0.4, -0.2) is 51.3 Å². The Balaban J connectivity index is 0.000000671. The molecule has 0 aliphatic carbocycles. The molecule has 1 aliphatic rings. The lowest BCUT2D eigenvalue weighted by Gasteiger charge is -2.35. The van der Waals surface area contributed by atoms with E-state index in [1.54, 1.807) is 7.11 Å². The second-order valence-electron chi connectivity index (χ2n) is 3.22. The Labute approximate surface area is 82.4 Å². The van der Waals surface area contributed by atoms with Crippen molar-refractivity contribution in [2.75, 3.05) is 34.3 Å². The van der Waals surface area contributed by atoms with E-state index < -0.39 is 0 Å². The first kappa shape index (κ1) is 12.9. The van der Waals surface area contributed by atoms with Gasteiger partial charge in [0.05, 0.1) is 6.10 Å². The van der Waals surface area contributed by atoms with Crippen LogP contribution in [0.5, 0.6) is 0 Å². The maximum Gasteiger partial charge on any atom is 0.0748 e. The lowest BCUT2D eigenvalue weighted by atomic mass is 10.0. The van der Waals surface area contributed by atoms with Crippen LogP contribution in [0.25, 0.3) is 0 Å². The molecule has 1 aliphatic heterocycles. The van der Waals surface area contributed by atoms with Gasteiger partial charge in [0.25, 0.3) is 0 Å². The molecular formula is C10H24N2O.